The van der Waals surface area contributed by atoms with E-state index >= 15 is 0 Å². The van der Waals surface area contributed by atoms with E-state index in [1.54, 1.807) is 42.5 Å². The van der Waals surface area contributed by atoms with Crippen LogP contribution in [-0.4, -0.2) is 43.7 Å². The molecule has 2 aromatic carbocycles. The standard InChI is InChI=1S/C26H31Cl2N3O4S/c27-22-13-12-18(15-23(22)28)17-36(34,35)31-14-6-7-19(16-31)25(32)30-24-11-5-4-10-21(24)26(33)29-20-8-2-1-3-9-20/h4-5,10-13,15,19-20H,1-3,6-9,14,16-17H2,(H,29,33)(H,30,32)/t19-/m0/s1. The van der Waals surface area contributed by atoms with Crippen LogP contribution in [0.3, 0.4) is 0 Å². The summed E-state index contributed by atoms with van der Waals surface area (Å²) in [7, 11) is -3.66. The van der Waals surface area contributed by atoms with Gasteiger partial charge in [0.25, 0.3) is 5.91 Å². The van der Waals surface area contributed by atoms with Crippen LogP contribution in [-0.2, 0) is 20.6 Å². The SMILES string of the molecule is O=C(NC1CCCCC1)c1ccccc1NC(=O)[C@H]1CCCN(S(=O)(=O)Cc2ccc(Cl)c(Cl)c2)C1. The maximum absolute atomic E-state index is 13.1. The van der Waals surface area contributed by atoms with Crippen LogP contribution in [0.4, 0.5) is 5.69 Å². The molecule has 0 bridgehead atoms. The monoisotopic (exact) mass is 551 g/mol. The number of anilines is 1. The van der Waals surface area contributed by atoms with Gasteiger partial charge in [-0.1, -0.05) is 60.7 Å². The first kappa shape index (κ1) is 26.9. The molecule has 0 aromatic heterocycles. The first-order chi connectivity index (χ1) is 17.2. The van der Waals surface area contributed by atoms with Crippen LogP contribution in [0.15, 0.2) is 42.5 Å². The number of carbonyl (C=O) groups is 2. The lowest BCUT2D eigenvalue weighted by Gasteiger charge is -2.31. The van der Waals surface area contributed by atoms with E-state index in [0.717, 1.165) is 25.7 Å². The van der Waals surface area contributed by atoms with Crippen LogP contribution in [0.2, 0.25) is 10.0 Å². The molecule has 2 amide bonds. The number of sulfonamides is 1. The largest absolute Gasteiger partial charge is 0.349 e. The zero-order chi connectivity index (χ0) is 25.7. The van der Waals surface area contributed by atoms with Crippen molar-refractivity contribution < 1.29 is 18.0 Å². The van der Waals surface area contributed by atoms with Gasteiger partial charge in [-0.2, -0.15) is 0 Å². The van der Waals surface area contributed by atoms with Crippen LogP contribution in [0.25, 0.3) is 0 Å². The maximum atomic E-state index is 13.1. The molecule has 1 heterocycles. The maximum Gasteiger partial charge on any atom is 0.253 e. The Hall–Kier alpha value is -2.13. The molecular weight excluding hydrogens is 521 g/mol. The Bertz CT molecular complexity index is 1220. The van der Waals surface area contributed by atoms with Gasteiger partial charge in [0.1, 0.15) is 0 Å². The first-order valence-electron chi connectivity index (χ1n) is 12.4. The van der Waals surface area contributed by atoms with E-state index in [4.69, 9.17) is 23.2 Å². The van der Waals surface area contributed by atoms with Gasteiger partial charge in [0.05, 0.1) is 33.0 Å². The number of para-hydroxylation sites is 1. The first-order valence-corrected chi connectivity index (χ1v) is 14.7. The average Bonchev–Trinajstić information content (AvgIpc) is 2.87. The van der Waals surface area contributed by atoms with Gasteiger partial charge in [0, 0.05) is 19.1 Å². The lowest BCUT2D eigenvalue weighted by atomic mass is 9.95. The van der Waals surface area contributed by atoms with Crippen LogP contribution in [0.1, 0.15) is 60.9 Å². The van der Waals surface area contributed by atoms with Gasteiger partial charge in [0.15, 0.2) is 0 Å². The van der Waals surface area contributed by atoms with E-state index in [2.05, 4.69) is 10.6 Å². The van der Waals surface area contributed by atoms with Crippen molar-refractivity contribution in [3.8, 4) is 0 Å². The number of piperidine rings is 1. The van der Waals surface area contributed by atoms with Crippen molar-refractivity contribution in [1.82, 2.24) is 9.62 Å². The van der Waals surface area contributed by atoms with Gasteiger partial charge in [-0.3, -0.25) is 9.59 Å². The molecule has 0 spiro atoms. The Labute approximate surface area is 222 Å². The highest BCUT2D eigenvalue weighted by Crippen LogP contribution is 2.27. The lowest BCUT2D eigenvalue weighted by Crippen LogP contribution is -2.44. The summed E-state index contributed by atoms with van der Waals surface area (Å²) in [5, 5.41) is 6.63. The van der Waals surface area contributed by atoms with Gasteiger partial charge in [-0.15, -0.1) is 0 Å². The molecule has 4 rings (SSSR count). The normalized spacial score (nSPS) is 19.6. The summed E-state index contributed by atoms with van der Waals surface area (Å²) in [5.74, 6) is -1.23. The molecule has 0 radical (unpaired) electrons. The third-order valence-electron chi connectivity index (χ3n) is 6.85. The minimum absolute atomic E-state index is 0.0892. The molecule has 1 saturated carbocycles. The molecule has 10 heteroatoms. The smallest absolute Gasteiger partial charge is 0.253 e. The fourth-order valence-corrected chi connectivity index (χ4v) is 6.79. The third-order valence-corrected chi connectivity index (χ3v) is 9.41. The summed E-state index contributed by atoms with van der Waals surface area (Å²) in [6.07, 6.45) is 6.48. The van der Waals surface area contributed by atoms with Crippen LogP contribution < -0.4 is 10.6 Å². The molecule has 1 saturated heterocycles. The molecule has 7 nitrogen and oxygen atoms in total. The number of benzene rings is 2. The summed E-state index contributed by atoms with van der Waals surface area (Å²) in [4.78, 5) is 26.1. The Morgan fingerprint density at radius 1 is 0.944 bits per heavy atom. The van der Waals surface area contributed by atoms with Crippen molar-refractivity contribution in [1.29, 1.82) is 0 Å². The second-order valence-electron chi connectivity index (χ2n) is 9.55. The van der Waals surface area contributed by atoms with Gasteiger partial charge in [-0.25, -0.2) is 12.7 Å². The van der Waals surface area contributed by atoms with E-state index in [0.29, 0.717) is 46.2 Å². The molecule has 1 atom stereocenters. The quantitative estimate of drug-likeness (QED) is 0.492. The summed E-state index contributed by atoms with van der Waals surface area (Å²) in [6, 6.07) is 11.8. The highest BCUT2D eigenvalue weighted by Gasteiger charge is 2.33. The Balaban J connectivity index is 1.40. The van der Waals surface area contributed by atoms with Crippen LogP contribution in [0, 0.1) is 5.92 Å². The van der Waals surface area contributed by atoms with Crippen molar-refractivity contribution >= 4 is 50.7 Å². The number of halogens is 2. The summed E-state index contributed by atoms with van der Waals surface area (Å²) in [6.45, 7) is 0.444. The molecule has 2 N–H and O–H groups in total. The Kier molecular flexibility index (Phi) is 8.93. The zero-order valence-electron chi connectivity index (χ0n) is 20.0. The minimum Gasteiger partial charge on any atom is -0.349 e. The summed E-state index contributed by atoms with van der Waals surface area (Å²) >= 11 is 12.0. The second-order valence-corrected chi connectivity index (χ2v) is 12.3. The van der Waals surface area contributed by atoms with Crippen LogP contribution in [0.5, 0.6) is 0 Å². The molecule has 194 valence electrons. The van der Waals surface area contributed by atoms with Crippen molar-refractivity contribution in [3.05, 3.63) is 63.6 Å². The molecule has 36 heavy (non-hydrogen) atoms. The van der Waals surface area contributed by atoms with Gasteiger partial charge >= 0.3 is 0 Å². The van der Waals surface area contributed by atoms with E-state index in [-0.39, 0.29) is 30.2 Å². The molecule has 1 aliphatic heterocycles. The fourth-order valence-electron chi connectivity index (χ4n) is 4.88. The number of hydrogen-bond donors (Lipinski definition) is 2. The highest BCUT2D eigenvalue weighted by atomic mass is 35.5. The lowest BCUT2D eigenvalue weighted by molar-refractivity contribution is -0.120. The van der Waals surface area contributed by atoms with Crippen molar-refractivity contribution in [2.45, 2.75) is 56.7 Å². The molecule has 2 aliphatic rings. The Morgan fingerprint density at radius 3 is 2.44 bits per heavy atom. The fraction of sp³-hybridized carbons (Fsp3) is 0.462. The topological polar surface area (TPSA) is 95.6 Å². The van der Waals surface area contributed by atoms with Gasteiger partial charge < -0.3 is 10.6 Å². The van der Waals surface area contributed by atoms with Crippen LogP contribution >= 0.6 is 23.2 Å². The molecule has 1 aliphatic carbocycles. The number of nitrogens with zero attached hydrogens (tertiary/aromatic N) is 1. The van der Waals surface area contributed by atoms with E-state index < -0.39 is 15.9 Å². The minimum atomic E-state index is -3.66. The number of hydrogen-bond acceptors (Lipinski definition) is 4. The highest BCUT2D eigenvalue weighted by molar-refractivity contribution is 7.88. The van der Waals surface area contributed by atoms with E-state index in [1.807, 2.05) is 0 Å². The Morgan fingerprint density at radius 2 is 1.69 bits per heavy atom. The molecular formula is C26H31Cl2N3O4S. The number of carbonyl (C=O) groups excluding carboxylic acids is 2. The predicted octanol–water partition coefficient (Wildman–Crippen LogP) is 5.24. The average molecular weight is 553 g/mol. The molecule has 0 unspecified atom stereocenters. The third kappa shape index (κ3) is 6.79. The van der Waals surface area contributed by atoms with Crippen molar-refractivity contribution in [3.63, 3.8) is 0 Å². The van der Waals surface area contributed by atoms with E-state index in [9.17, 15) is 18.0 Å². The second kappa shape index (κ2) is 11.9. The van der Waals surface area contributed by atoms with Crippen molar-refractivity contribution in [2.24, 2.45) is 5.92 Å². The van der Waals surface area contributed by atoms with Gasteiger partial charge in [0.2, 0.25) is 15.9 Å². The number of amides is 2. The summed E-state index contributed by atoms with van der Waals surface area (Å²) < 4.78 is 27.5. The number of nitrogens with one attached hydrogen (secondary N) is 2. The predicted molar refractivity (Wildman–Crippen MR) is 143 cm³/mol. The molecule has 2 fully saturated rings. The number of rotatable bonds is 7. The molecule has 2 aromatic rings. The van der Waals surface area contributed by atoms with E-state index in [1.165, 1.54) is 10.7 Å². The van der Waals surface area contributed by atoms with Gasteiger partial charge in [-0.05, 0) is 55.5 Å². The van der Waals surface area contributed by atoms with Crippen molar-refractivity contribution in [2.75, 3.05) is 18.4 Å². The zero-order valence-corrected chi connectivity index (χ0v) is 22.3. The summed E-state index contributed by atoms with van der Waals surface area (Å²) in [5.41, 5.74) is 1.39.